The van der Waals surface area contributed by atoms with Crippen LogP contribution in [0.1, 0.15) is 28.7 Å². The molecule has 0 spiro atoms. The van der Waals surface area contributed by atoms with Crippen LogP contribution in [0.5, 0.6) is 5.75 Å². The molecule has 0 unspecified atom stereocenters. The van der Waals surface area contributed by atoms with E-state index >= 15 is 0 Å². The molecule has 4 atom stereocenters. The lowest BCUT2D eigenvalue weighted by Crippen LogP contribution is -2.65. The van der Waals surface area contributed by atoms with Crippen molar-refractivity contribution in [1.29, 1.82) is 0 Å². The molecule has 0 saturated heterocycles. The lowest BCUT2D eigenvalue weighted by atomic mass is 9.57. The maximum Gasteiger partial charge on any atom is 0.255 e. The van der Waals surface area contributed by atoms with E-state index in [1.807, 2.05) is 0 Å². The SMILES string of the molecule is Cc1cc(CN)c2c(c1O)C(O)=C1C(=O)[C@]3(O)C(O)=C(C(N)=O)C(=O)[C@@H](N(C)C)[C@@H]3C[C@@H]1C2. The summed E-state index contributed by atoms with van der Waals surface area (Å²) in [5.74, 6) is -6.61. The Morgan fingerprint density at radius 1 is 1.24 bits per heavy atom. The predicted octanol–water partition coefficient (Wildman–Crippen LogP) is -0.269. The van der Waals surface area contributed by atoms with Crippen molar-refractivity contribution >= 4 is 23.2 Å². The molecular formula is C23H27N3O7. The number of carbonyl (C=O) groups is 3. The number of aromatic hydroxyl groups is 1. The second-order valence-corrected chi connectivity index (χ2v) is 9.22. The van der Waals surface area contributed by atoms with Crippen LogP contribution in [0.4, 0.5) is 0 Å². The van der Waals surface area contributed by atoms with Crippen molar-refractivity contribution in [2.24, 2.45) is 23.3 Å². The molecule has 1 amide bonds. The van der Waals surface area contributed by atoms with Gasteiger partial charge in [0.05, 0.1) is 11.6 Å². The number of phenolic OH excluding ortho intramolecular Hbond substituents is 1. The van der Waals surface area contributed by atoms with Crippen molar-refractivity contribution in [3.8, 4) is 5.75 Å². The second kappa shape index (κ2) is 7.41. The predicted molar refractivity (Wildman–Crippen MR) is 117 cm³/mol. The fourth-order valence-corrected chi connectivity index (χ4v) is 5.72. The maximum absolute atomic E-state index is 13.7. The Morgan fingerprint density at radius 3 is 2.42 bits per heavy atom. The quantitative estimate of drug-likeness (QED) is 0.332. The van der Waals surface area contributed by atoms with Gasteiger partial charge in [-0.05, 0) is 56.5 Å². The van der Waals surface area contributed by atoms with Gasteiger partial charge in [-0.25, -0.2) is 0 Å². The van der Waals surface area contributed by atoms with Crippen LogP contribution in [0.25, 0.3) is 5.76 Å². The summed E-state index contributed by atoms with van der Waals surface area (Å²) >= 11 is 0. The molecular weight excluding hydrogens is 430 g/mol. The van der Waals surface area contributed by atoms with Gasteiger partial charge >= 0.3 is 0 Å². The summed E-state index contributed by atoms with van der Waals surface area (Å²) in [6.07, 6.45) is 0.277. The number of nitrogens with zero attached hydrogens (tertiary/aromatic N) is 1. The Balaban J connectivity index is 2.00. The summed E-state index contributed by atoms with van der Waals surface area (Å²) < 4.78 is 0. The minimum atomic E-state index is -2.64. The van der Waals surface area contributed by atoms with Crippen molar-refractivity contribution < 1.29 is 34.8 Å². The number of carbonyl (C=O) groups excluding carboxylic acids is 3. The van der Waals surface area contributed by atoms with Crippen LogP contribution in [0.15, 0.2) is 23.0 Å². The van der Waals surface area contributed by atoms with Crippen molar-refractivity contribution in [1.82, 2.24) is 4.90 Å². The first-order valence-corrected chi connectivity index (χ1v) is 10.6. The van der Waals surface area contributed by atoms with Crippen LogP contribution in [-0.4, -0.2) is 68.5 Å². The fraction of sp³-hybridized carbons (Fsp3) is 0.435. The fourth-order valence-electron chi connectivity index (χ4n) is 5.72. The molecule has 0 aromatic heterocycles. The van der Waals surface area contributed by atoms with Gasteiger partial charge in [0.25, 0.3) is 5.91 Å². The molecule has 0 bridgehead atoms. The number of rotatable bonds is 3. The van der Waals surface area contributed by atoms with Crippen LogP contribution in [-0.2, 0) is 27.3 Å². The number of aliphatic hydroxyl groups is 3. The van der Waals surface area contributed by atoms with Gasteiger partial charge in [-0.15, -0.1) is 0 Å². The van der Waals surface area contributed by atoms with Crippen LogP contribution in [0, 0.1) is 18.8 Å². The topological polar surface area (TPSA) is 187 Å². The van der Waals surface area contributed by atoms with E-state index in [0.717, 1.165) is 0 Å². The Morgan fingerprint density at radius 2 is 1.88 bits per heavy atom. The van der Waals surface area contributed by atoms with Crippen molar-refractivity contribution in [3.05, 3.63) is 45.2 Å². The van der Waals surface area contributed by atoms with Gasteiger partial charge in [-0.1, -0.05) is 6.07 Å². The van der Waals surface area contributed by atoms with Crippen LogP contribution >= 0.6 is 0 Å². The number of nitrogens with two attached hydrogens (primary N) is 2. The average molecular weight is 457 g/mol. The van der Waals surface area contributed by atoms with E-state index in [1.54, 1.807) is 27.1 Å². The summed E-state index contributed by atoms with van der Waals surface area (Å²) in [4.78, 5) is 40.2. The number of fused-ring (bicyclic) bond motifs is 3. The maximum atomic E-state index is 13.7. The van der Waals surface area contributed by atoms with Crippen LogP contribution < -0.4 is 11.5 Å². The highest BCUT2D eigenvalue weighted by Crippen LogP contribution is 2.53. The number of amides is 1. The van der Waals surface area contributed by atoms with E-state index in [2.05, 4.69) is 0 Å². The van der Waals surface area contributed by atoms with Gasteiger partial charge in [0.1, 0.15) is 22.8 Å². The zero-order valence-corrected chi connectivity index (χ0v) is 18.5. The number of Topliss-reactive ketones (excluding diaryl/α,β-unsaturated/α-hetero) is 2. The monoisotopic (exact) mass is 457 g/mol. The molecule has 33 heavy (non-hydrogen) atoms. The van der Waals surface area contributed by atoms with E-state index < -0.39 is 58.0 Å². The minimum Gasteiger partial charge on any atom is -0.508 e. The number of ketones is 2. The van der Waals surface area contributed by atoms with Crippen LogP contribution in [0.2, 0.25) is 0 Å². The van der Waals surface area contributed by atoms with E-state index in [4.69, 9.17) is 11.5 Å². The molecule has 3 aliphatic rings. The summed E-state index contributed by atoms with van der Waals surface area (Å²) in [7, 11) is 3.11. The third kappa shape index (κ3) is 2.87. The standard InChI is InChI=1S/C23H27N3O7/c1-8-4-10(7-24)11-5-9-6-12-16(26(2)3)19(29)15(22(25)32)21(31)23(12,33)20(30)13(9)18(28)14(11)17(8)27/h4,9,12,16,27-28,31,33H,5-7,24H2,1-3H3,(H2,25,32)/t9-,12-,16-,23-/m0/s1. The highest BCUT2D eigenvalue weighted by molar-refractivity contribution is 6.24. The number of phenols is 1. The zero-order valence-electron chi connectivity index (χ0n) is 18.5. The van der Waals surface area contributed by atoms with E-state index in [0.29, 0.717) is 16.7 Å². The highest BCUT2D eigenvalue weighted by Gasteiger charge is 2.64. The smallest absolute Gasteiger partial charge is 0.255 e. The van der Waals surface area contributed by atoms with Crippen molar-refractivity contribution in [2.75, 3.05) is 14.1 Å². The molecule has 1 fully saturated rings. The average Bonchev–Trinajstić information content (AvgIpc) is 2.72. The highest BCUT2D eigenvalue weighted by atomic mass is 16.3. The summed E-state index contributed by atoms with van der Waals surface area (Å²) in [5.41, 5.74) is 9.34. The summed E-state index contributed by atoms with van der Waals surface area (Å²) in [6, 6.07) is 0.608. The number of aliphatic hydroxyl groups excluding tert-OH is 2. The Kier molecular flexibility index (Phi) is 5.15. The van der Waals surface area contributed by atoms with Gasteiger partial charge in [0, 0.05) is 18.0 Å². The molecule has 4 rings (SSSR count). The lowest BCUT2D eigenvalue weighted by Gasteiger charge is -2.50. The third-order valence-electron chi connectivity index (χ3n) is 7.22. The molecule has 1 saturated carbocycles. The number of primary amides is 1. The van der Waals surface area contributed by atoms with E-state index in [1.165, 1.54) is 4.90 Å². The normalized spacial score (nSPS) is 29.2. The Labute approximate surface area is 189 Å². The Bertz CT molecular complexity index is 1180. The Hall–Kier alpha value is -3.21. The molecule has 0 aliphatic heterocycles. The molecule has 176 valence electrons. The van der Waals surface area contributed by atoms with Gasteiger partial charge in [-0.2, -0.15) is 0 Å². The summed E-state index contributed by atoms with van der Waals surface area (Å²) in [5, 5.41) is 44.1. The molecule has 1 aromatic carbocycles. The van der Waals surface area contributed by atoms with Crippen LogP contribution in [0.3, 0.4) is 0 Å². The van der Waals surface area contributed by atoms with Gasteiger partial charge in [0.15, 0.2) is 11.4 Å². The largest absolute Gasteiger partial charge is 0.508 e. The van der Waals surface area contributed by atoms with E-state index in [9.17, 15) is 34.8 Å². The number of hydrogen-bond donors (Lipinski definition) is 6. The number of benzene rings is 1. The molecule has 10 heteroatoms. The second-order valence-electron chi connectivity index (χ2n) is 9.22. The van der Waals surface area contributed by atoms with Gasteiger partial charge < -0.3 is 31.9 Å². The van der Waals surface area contributed by atoms with Crippen molar-refractivity contribution in [3.63, 3.8) is 0 Å². The summed E-state index contributed by atoms with van der Waals surface area (Å²) in [6.45, 7) is 1.78. The zero-order chi connectivity index (χ0) is 24.6. The first kappa shape index (κ1) is 23.0. The first-order valence-electron chi connectivity index (χ1n) is 10.6. The van der Waals surface area contributed by atoms with Gasteiger partial charge in [0.2, 0.25) is 5.78 Å². The van der Waals surface area contributed by atoms with Gasteiger partial charge in [-0.3, -0.25) is 19.3 Å². The lowest BCUT2D eigenvalue weighted by molar-refractivity contribution is -0.153. The van der Waals surface area contributed by atoms with E-state index in [-0.39, 0.29) is 36.3 Å². The van der Waals surface area contributed by atoms with Crippen molar-refractivity contribution in [2.45, 2.75) is 38.0 Å². The first-order chi connectivity index (χ1) is 15.4. The number of hydrogen-bond acceptors (Lipinski definition) is 9. The molecule has 1 aromatic rings. The third-order valence-corrected chi connectivity index (χ3v) is 7.22. The molecule has 3 aliphatic carbocycles. The minimum absolute atomic E-state index is 0.0460. The molecule has 10 nitrogen and oxygen atoms in total. The molecule has 8 N–H and O–H groups in total. The molecule has 0 radical (unpaired) electrons. The number of likely N-dealkylation sites (N-methyl/N-ethyl adjacent to an activating group) is 1. The number of aryl methyl sites for hydroxylation is 1. The molecule has 0 heterocycles.